The Balaban J connectivity index is 3.12. The van der Waals surface area contributed by atoms with Crippen molar-refractivity contribution < 1.29 is 8.42 Å². The van der Waals surface area contributed by atoms with E-state index in [4.69, 9.17) is 5.14 Å². The van der Waals surface area contributed by atoms with Gasteiger partial charge in [-0.25, -0.2) is 13.6 Å². The van der Waals surface area contributed by atoms with Crippen molar-refractivity contribution in [3.63, 3.8) is 0 Å². The Labute approximate surface area is 103 Å². The van der Waals surface area contributed by atoms with Gasteiger partial charge >= 0.3 is 0 Å². The summed E-state index contributed by atoms with van der Waals surface area (Å²) in [4.78, 5) is 0.179. The van der Waals surface area contributed by atoms with E-state index in [9.17, 15) is 8.42 Å². The molecule has 0 aromatic heterocycles. The van der Waals surface area contributed by atoms with Crippen molar-refractivity contribution in [1.82, 2.24) is 0 Å². The molecule has 0 fully saturated rings. The summed E-state index contributed by atoms with van der Waals surface area (Å²) in [5, 5.41) is 8.46. The van der Waals surface area contributed by atoms with Crippen LogP contribution in [0.1, 0.15) is 26.3 Å². The largest absolute Gasteiger partial charge is 0.382 e. The van der Waals surface area contributed by atoms with Gasteiger partial charge in [-0.1, -0.05) is 19.9 Å². The second kappa shape index (κ2) is 5.06. The van der Waals surface area contributed by atoms with Gasteiger partial charge < -0.3 is 5.32 Å². The van der Waals surface area contributed by atoms with Gasteiger partial charge in [0.15, 0.2) is 0 Å². The maximum Gasteiger partial charge on any atom is 0.238 e. The van der Waals surface area contributed by atoms with Gasteiger partial charge in [-0.05, 0) is 37.5 Å². The second-order valence-electron chi connectivity index (χ2n) is 4.65. The summed E-state index contributed by atoms with van der Waals surface area (Å²) in [6, 6.07) is 5.35. The molecule has 1 aromatic rings. The molecular weight excluding hydrogens is 236 g/mol. The standard InChI is InChI=1S/C12H20N2O2S/c1-8(2)10(4)14-11-6-5-7-12(9(11)3)17(13,15)16/h5-8,10,14H,1-4H3,(H2,13,15,16). The Kier molecular flexibility index (Phi) is 4.16. The smallest absolute Gasteiger partial charge is 0.238 e. The molecule has 17 heavy (non-hydrogen) atoms. The summed E-state index contributed by atoms with van der Waals surface area (Å²) < 4.78 is 22.8. The van der Waals surface area contributed by atoms with Crippen LogP contribution in [-0.2, 0) is 10.0 Å². The fourth-order valence-corrected chi connectivity index (χ4v) is 2.30. The zero-order chi connectivity index (χ0) is 13.2. The molecule has 0 radical (unpaired) electrons. The third kappa shape index (κ3) is 3.44. The zero-order valence-corrected chi connectivity index (χ0v) is 11.5. The highest BCUT2D eigenvalue weighted by Gasteiger charge is 2.15. The van der Waals surface area contributed by atoms with Crippen molar-refractivity contribution in [3.05, 3.63) is 23.8 Å². The highest BCUT2D eigenvalue weighted by Crippen LogP contribution is 2.23. The molecule has 1 aromatic carbocycles. The van der Waals surface area contributed by atoms with Gasteiger partial charge in [0, 0.05) is 11.7 Å². The van der Waals surface area contributed by atoms with E-state index in [1.165, 1.54) is 6.07 Å². The van der Waals surface area contributed by atoms with Crippen LogP contribution < -0.4 is 10.5 Å². The SMILES string of the molecule is Cc1c(NC(C)C(C)C)cccc1S(N)(=O)=O. The molecule has 4 nitrogen and oxygen atoms in total. The summed E-state index contributed by atoms with van der Waals surface area (Å²) in [5.41, 5.74) is 1.49. The van der Waals surface area contributed by atoms with Crippen LogP contribution in [0.3, 0.4) is 0 Å². The lowest BCUT2D eigenvalue weighted by atomic mass is 10.1. The number of primary sulfonamides is 1. The van der Waals surface area contributed by atoms with Crippen LogP contribution in [0.5, 0.6) is 0 Å². The van der Waals surface area contributed by atoms with Crippen LogP contribution in [0, 0.1) is 12.8 Å². The average Bonchev–Trinajstić information content (AvgIpc) is 2.19. The Hall–Kier alpha value is -1.07. The molecule has 0 amide bonds. The zero-order valence-electron chi connectivity index (χ0n) is 10.7. The quantitative estimate of drug-likeness (QED) is 0.866. The fourth-order valence-electron chi connectivity index (χ4n) is 1.49. The minimum absolute atomic E-state index is 0.179. The van der Waals surface area contributed by atoms with Crippen molar-refractivity contribution >= 4 is 15.7 Å². The average molecular weight is 256 g/mol. The van der Waals surface area contributed by atoms with Gasteiger partial charge in [0.25, 0.3) is 0 Å². The summed E-state index contributed by atoms with van der Waals surface area (Å²) in [7, 11) is -3.65. The van der Waals surface area contributed by atoms with Crippen molar-refractivity contribution in [2.45, 2.75) is 38.6 Å². The van der Waals surface area contributed by atoms with Gasteiger partial charge in [0.05, 0.1) is 4.90 Å². The van der Waals surface area contributed by atoms with E-state index in [-0.39, 0.29) is 10.9 Å². The first-order valence-corrected chi connectivity index (χ1v) is 7.17. The van der Waals surface area contributed by atoms with E-state index in [2.05, 4.69) is 26.1 Å². The fraction of sp³-hybridized carbons (Fsp3) is 0.500. The maximum atomic E-state index is 11.4. The number of benzene rings is 1. The first-order valence-electron chi connectivity index (χ1n) is 5.62. The lowest BCUT2D eigenvalue weighted by Gasteiger charge is -2.21. The monoisotopic (exact) mass is 256 g/mol. The van der Waals surface area contributed by atoms with Crippen LogP contribution in [0.4, 0.5) is 5.69 Å². The molecule has 3 N–H and O–H groups in total. The summed E-state index contributed by atoms with van der Waals surface area (Å²) in [6.45, 7) is 8.04. The summed E-state index contributed by atoms with van der Waals surface area (Å²) in [5.74, 6) is 0.465. The molecule has 0 bridgehead atoms. The van der Waals surface area contributed by atoms with E-state index in [1.807, 2.05) is 6.07 Å². The van der Waals surface area contributed by atoms with Gasteiger partial charge in [0.1, 0.15) is 0 Å². The van der Waals surface area contributed by atoms with Gasteiger partial charge in [-0.2, -0.15) is 0 Å². The molecule has 1 unspecified atom stereocenters. The van der Waals surface area contributed by atoms with Crippen molar-refractivity contribution in [2.24, 2.45) is 11.1 Å². The van der Waals surface area contributed by atoms with Crippen LogP contribution in [0.15, 0.2) is 23.1 Å². The molecule has 5 heteroatoms. The number of hydrogen-bond donors (Lipinski definition) is 2. The Bertz CT molecular complexity index is 495. The number of rotatable bonds is 4. The molecule has 1 rings (SSSR count). The predicted octanol–water partition coefficient (Wildman–Crippen LogP) is 2.10. The van der Waals surface area contributed by atoms with E-state index in [1.54, 1.807) is 13.0 Å². The number of anilines is 1. The topological polar surface area (TPSA) is 72.2 Å². The minimum Gasteiger partial charge on any atom is -0.382 e. The molecule has 0 saturated carbocycles. The van der Waals surface area contributed by atoms with Crippen molar-refractivity contribution in [3.8, 4) is 0 Å². The molecule has 1 atom stereocenters. The third-order valence-electron chi connectivity index (χ3n) is 2.97. The van der Waals surface area contributed by atoms with E-state index >= 15 is 0 Å². The Morgan fingerprint density at radius 3 is 2.29 bits per heavy atom. The van der Waals surface area contributed by atoms with Crippen LogP contribution in [0.2, 0.25) is 0 Å². The Morgan fingerprint density at radius 2 is 1.82 bits per heavy atom. The molecule has 0 saturated heterocycles. The number of sulfonamides is 1. The first-order chi connectivity index (χ1) is 7.73. The Morgan fingerprint density at radius 1 is 1.24 bits per heavy atom. The minimum atomic E-state index is -3.65. The normalized spacial score (nSPS) is 13.8. The second-order valence-corrected chi connectivity index (χ2v) is 6.18. The maximum absolute atomic E-state index is 11.4. The highest BCUT2D eigenvalue weighted by molar-refractivity contribution is 7.89. The third-order valence-corrected chi connectivity index (χ3v) is 4.03. The molecular formula is C12H20N2O2S. The lowest BCUT2D eigenvalue weighted by Crippen LogP contribution is -2.23. The van der Waals surface area contributed by atoms with E-state index < -0.39 is 10.0 Å². The van der Waals surface area contributed by atoms with E-state index in [0.29, 0.717) is 11.5 Å². The van der Waals surface area contributed by atoms with Gasteiger partial charge in [0.2, 0.25) is 10.0 Å². The molecule has 96 valence electrons. The number of hydrogen-bond acceptors (Lipinski definition) is 3. The van der Waals surface area contributed by atoms with Gasteiger partial charge in [-0.3, -0.25) is 0 Å². The van der Waals surface area contributed by atoms with E-state index in [0.717, 1.165) is 5.69 Å². The molecule has 0 spiro atoms. The van der Waals surface area contributed by atoms with Gasteiger partial charge in [-0.15, -0.1) is 0 Å². The van der Waals surface area contributed by atoms with Crippen molar-refractivity contribution in [1.29, 1.82) is 0 Å². The molecule has 0 aliphatic heterocycles. The molecule has 0 aliphatic rings. The summed E-state index contributed by atoms with van der Waals surface area (Å²) in [6.07, 6.45) is 0. The lowest BCUT2D eigenvalue weighted by molar-refractivity contribution is 0.559. The van der Waals surface area contributed by atoms with Crippen LogP contribution >= 0.6 is 0 Å². The van der Waals surface area contributed by atoms with Crippen molar-refractivity contribution in [2.75, 3.05) is 5.32 Å². The van der Waals surface area contributed by atoms with Crippen LogP contribution in [0.25, 0.3) is 0 Å². The first kappa shape index (κ1) is 14.0. The summed E-state index contributed by atoms with van der Waals surface area (Å²) >= 11 is 0. The molecule has 0 heterocycles. The predicted molar refractivity (Wildman–Crippen MR) is 70.5 cm³/mol. The number of nitrogens with one attached hydrogen (secondary N) is 1. The van der Waals surface area contributed by atoms with Crippen LogP contribution in [-0.4, -0.2) is 14.5 Å². The highest BCUT2D eigenvalue weighted by atomic mass is 32.2. The number of nitrogens with two attached hydrogens (primary N) is 1. The molecule has 0 aliphatic carbocycles.